The van der Waals surface area contributed by atoms with Crippen molar-refractivity contribution in [2.24, 2.45) is 5.92 Å². The van der Waals surface area contributed by atoms with Gasteiger partial charge in [0.15, 0.2) is 0 Å². The molecule has 1 heterocycles. The molecule has 1 unspecified atom stereocenters. The van der Waals surface area contributed by atoms with Gasteiger partial charge in [0.1, 0.15) is 0 Å². The quantitative estimate of drug-likeness (QED) is 0.754. The molecule has 1 amide bonds. The summed E-state index contributed by atoms with van der Waals surface area (Å²) in [5.74, 6) is 0.589. The molecule has 92 valence electrons. The first-order valence-corrected chi connectivity index (χ1v) is 7.48. The second kappa shape index (κ2) is 6.15. The van der Waals surface area contributed by atoms with Gasteiger partial charge in [-0.1, -0.05) is 15.9 Å². The van der Waals surface area contributed by atoms with Crippen molar-refractivity contribution in [3.05, 3.63) is 31.8 Å². The summed E-state index contributed by atoms with van der Waals surface area (Å²) in [6, 6.07) is 5.75. The van der Waals surface area contributed by atoms with Crippen molar-refractivity contribution < 1.29 is 4.79 Å². The predicted molar refractivity (Wildman–Crippen MR) is 80.2 cm³/mol. The van der Waals surface area contributed by atoms with Crippen molar-refractivity contribution in [3.63, 3.8) is 0 Å². The summed E-state index contributed by atoms with van der Waals surface area (Å²) in [7, 11) is 0. The molecule has 2 rings (SSSR count). The predicted octanol–water partition coefficient (Wildman–Crippen LogP) is 2.39. The first-order valence-electron chi connectivity index (χ1n) is 5.61. The topological polar surface area (TPSA) is 41.1 Å². The molecule has 0 radical (unpaired) electrons. The van der Waals surface area contributed by atoms with E-state index in [1.54, 1.807) is 0 Å². The Hall–Kier alpha value is -0.140. The Morgan fingerprint density at radius 3 is 3.12 bits per heavy atom. The number of halogens is 2. The summed E-state index contributed by atoms with van der Waals surface area (Å²) in [6.45, 7) is 2.83. The highest BCUT2D eigenvalue weighted by Crippen LogP contribution is 2.18. The van der Waals surface area contributed by atoms with E-state index in [1.807, 2.05) is 18.2 Å². The SMILES string of the molecule is O=C(NCC1CCNC1)c1cc(Br)ccc1I. The molecule has 0 bridgehead atoms. The van der Waals surface area contributed by atoms with Crippen molar-refractivity contribution in [1.29, 1.82) is 0 Å². The molecule has 1 aliphatic rings. The third-order valence-corrected chi connectivity index (χ3v) is 4.32. The Morgan fingerprint density at radius 2 is 2.41 bits per heavy atom. The number of benzene rings is 1. The molecule has 1 aromatic rings. The van der Waals surface area contributed by atoms with E-state index in [9.17, 15) is 4.79 Å². The Bertz CT molecular complexity index is 419. The van der Waals surface area contributed by atoms with Crippen LogP contribution < -0.4 is 10.6 Å². The van der Waals surface area contributed by atoms with Crippen LogP contribution in [0.1, 0.15) is 16.8 Å². The molecule has 2 N–H and O–H groups in total. The standard InChI is InChI=1S/C12H14BrIN2O/c13-9-1-2-11(14)10(5-9)12(17)16-7-8-3-4-15-6-8/h1-2,5,8,15H,3-4,6-7H2,(H,16,17). The van der Waals surface area contributed by atoms with Crippen molar-refractivity contribution in [2.45, 2.75) is 6.42 Å². The molecule has 17 heavy (non-hydrogen) atoms. The lowest BCUT2D eigenvalue weighted by Crippen LogP contribution is -2.30. The third-order valence-electron chi connectivity index (χ3n) is 2.89. The number of carbonyl (C=O) groups excluding carboxylic acids is 1. The van der Waals surface area contributed by atoms with Gasteiger partial charge in [-0.25, -0.2) is 0 Å². The highest BCUT2D eigenvalue weighted by molar-refractivity contribution is 14.1. The van der Waals surface area contributed by atoms with E-state index >= 15 is 0 Å². The molecule has 1 saturated heterocycles. The molecular weight excluding hydrogens is 395 g/mol. The van der Waals surface area contributed by atoms with Gasteiger partial charge >= 0.3 is 0 Å². The molecule has 1 aliphatic heterocycles. The average Bonchev–Trinajstić information content (AvgIpc) is 2.82. The van der Waals surface area contributed by atoms with Crippen LogP contribution in [0.15, 0.2) is 22.7 Å². The number of hydrogen-bond donors (Lipinski definition) is 2. The van der Waals surface area contributed by atoms with Gasteiger partial charge in [0.2, 0.25) is 0 Å². The first-order chi connectivity index (χ1) is 8.16. The normalized spacial score (nSPS) is 19.3. The number of rotatable bonds is 3. The molecule has 1 fully saturated rings. The number of hydrogen-bond acceptors (Lipinski definition) is 2. The smallest absolute Gasteiger partial charge is 0.252 e. The lowest BCUT2D eigenvalue weighted by atomic mass is 10.1. The van der Waals surface area contributed by atoms with Crippen LogP contribution in [0, 0.1) is 9.49 Å². The number of amides is 1. The van der Waals surface area contributed by atoms with Crippen LogP contribution in [0.25, 0.3) is 0 Å². The van der Waals surface area contributed by atoms with Gasteiger partial charge in [-0.05, 0) is 66.2 Å². The van der Waals surface area contributed by atoms with Gasteiger partial charge in [0.25, 0.3) is 5.91 Å². The Labute approximate surface area is 123 Å². The van der Waals surface area contributed by atoms with Gasteiger partial charge in [0.05, 0.1) is 5.56 Å². The van der Waals surface area contributed by atoms with Crippen LogP contribution in [0.3, 0.4) is 0 Å². The van der Waals surface area contributed by atoms with Gasteiger partial charge in [-0.15, -0.1) is 0 Å². The fourth-order valence-corrected chi connectivity index (χ4v) is 2.83. The van der Waals surface area contributed by atoms with Crippen LogP contribution in [-0.2, 0) is 0 Å². The van der Waals surface area contributed by atoms with E-state index in [1.165, 1.54) is 0 Å². The Balaban J connectivity index is 1.96. The lowest BCUT2D eigenvalue weighted by molar-refractivity contribution is 0.0947. The fraction of sp³-hybridized carbons (Fsp3) is 0.417. The largest absolute Gasteiger partial charge is 0.352 e. The summed E-state index contributed by atoms with van der Waals surface area (Å²) in [6.07, 6.45) is 1.15. The molecule has 0 spiro atoms. The van der Waals surface area contributed by atoms with Gasteiger partial charge < -0.3 is 10.6 Å². The minimum atomic E-state index is 0.0163. The maximum Gasteiger partial charge on any atom is 0.252 e. The summed E-state index contributed by atoms with van der Waals surface area (Å²) in [4.78, 5) is 12.0. The molecule has 0 aliphatic carbocycles. The minimum absolute atomic E-state index is 0.0163. The zero-order chi connectivity index (χ0) is 12.3. The van der Waals surface area contributed by atoms with E-state index in [0.29, 0.717) is 5.92 Å². The number of nitrogens with one attached hydrogen (secondary N) is 2. The van der Waals surface area contributed by atoms with E-state index in [0.717, 1.165) is 39.7 Å². The molecule has 1 aromatic carbocycles. The van der Waals surface area contributed by atoms with Gasteiger partial charge in [-0.3, -0.25) is 4.79 Å². The van der Waals surface area contributed by atoms with Crippen LogP contribution in [0.5, 0.6) is 0 Å². The maximum atomic E-state index is 12.0. The summed E-state index contributed by atoms with van der Waals surface area (Å²) in [5, 5.41) is 6.30. The van der Waals surface area contributed by atoms with Crippen LogP contribution in [-0.4, -0.2) is 25.5 Å². The highest BCUT2D eigenvalue weighted by Gasteiger charge is 2.16. The van der Waals surface area contributed by atoms with E-state index in [-0.39, 0.29) is 5.91 Å². The van der Waals surface area contributed by atoms with Crippen molar-refractivity contribution in [2.75, 3.05) is 19.6 Å². The monoisotopic (exact) mass is 408 g/mol. The van der Waals surface area contributed by atoms with Crippen LogP contribution >= 0.6 is 38.5 Å². The molecule has 0 saturated carbocycles. The molecule has 1 atom stereocenters. The van der Waals surface area contributed by atoms with Gasteiger partial charge in [0, 0.05) is 14.6 Å². The van der Waals surface area contributed by atoms with E-state index in [4.69, 9.17) is 0 Å². The molecular formula is C12H14BrIN2O. The zero-order valence-corrected chi connectivity index (χ0v) is 13.0. The van der Waals surface area contributed by atoms with E-state index in [2.05, 4.69) is 49.2 Å². The van der Waals surface area contributed by atoms with Crippen LogP contribution in [0.4, 0.5) is 0 Å². The Kier molecular flexibility index (Phi) is 4.81. The summed E-state index contributed by atoms with van der Waals surface area (Å²) < 4.78 is 1.92. The second-order valence-corrected chi connectivity index (χ2v) is 6.27. The zero-order valence-electron chi connectivity index (χ0n) is 9.30. The Morgan fingerprint density at radius 1 is 1.59 bits per heavy atom. The summed E-state index contributed by atoms with van der Waals surface area (Å²) in [5.41, 5.74) is 0.742. The number of carbonyl (C=O) groups is 1. The minimum Gasteiger partial charge on any atom is -0.352 e. The third kappa shape index (κ3) is 3.66. The second-order valence-electron chi connectivity index (χ2n) is 4.19. The first kappa shape index (κ1) is 13.3. The van der Waals surface area contributed by atoms with Crippen molar-refractivity contribution >= 4 is 44.4 Å². The maximum absolute atomic E-state index is 12.0. The average molecular weight is 409 g/mol. The molecule has 3 nitrogen and oxygen atoms in total. The van der Waals surface area contributed by atoms with E-state index < -0.39 is 0 Å². The molecule has 0 aromatic heterocycles. The lowest BCUT2D eigenvalue weighted by Gasteiger charge is -2.11. The van der Waals surface area contributed by atoms with Crippen molar-refractivity contribution in [3.8, 4) is 0 Å². The molecule has 5 heteroatoms. The summed E-state index contributed by atoms with van der Waals surface area (Å²) >= 11 is 5.57. The highest BCUT2D eigenvalue weighted by atomic mass is 127. The fourth-order valence-electron chi connectivity index (χ4n) is 1.89. The van der Waals surface area contributed by atoms with Crippen molar-refractivity contribution in [1.82, 2.24) is 10.6 Å². The van der Waals surface area contributed by atoms with Crippen LogP contribution in [0.2, 0.25) is 0 Å². The van der Waals surface area contributed by atoms with Gasteiger partial charge in [-0.2, -0.15) is 0 Å².